The van der Waals surface area contributed by atoms with Crippen LogP contribution in [0.3, 0.4) is 0 Å². The van der Waals surface area contributed by atoms with Gasteiger partial charge in [-0.3, -0.25) is 0 Å². The average Bonchev–Trinajstić information content (AvgIpc) is 3.06. The van der Waals surface area contributed by atoms with Crippen LogP contribution in [0.25, 0.3) is 0 Å². The van der Waals surface area contributed by atoms with Crippen LogP contribution in [-0.4, -0.2) is 11.2 Å². The standard InChI is InChI=1S/C32H57O.Y/c1-21-18-25(20-27(33)19-21)13-14-26-12-11-17-32(10)28(15-16-29(26)32)23(3)22(2)24(4)31(8,9)30(5,6)7;/h13,20-24,26-29,33H,11-12,14-19H2,1-10H3;/q-1;/b25-13-;/t21-,22?,23?,24?,26?,27+,28?,29?,32?;/m1./s1. The predicted octanol–water partition coefficient (Wildman–Crippen LogP) is 9.11. The van der Waals surface area contributed by atoms with Gasteiger partial charge in [0, 0.05) is 38.8 Å². The number of aliphatic hydroxyl groups excluding tert-OH is 1. The Morgan fingerprint density at radius 3 is 2.32 bits per heavy atom. The van der Waals surface area contributed by atoms with Crippen molar-refractivity contribution < 1.29 is 37.8 Å². The molecular formula is C32H57OY-. The third-order valence-corrected chi connectivity index (χ3v) is 12.0. The number of aliphatic hydroxyl groups is 1. The van der Waals surface area contributed by atoms with Crippen LogP contribution in [0.2, 0.25) is 0 Å². The smallest absolute Gasteiger partial charge is 0.00896 e. The molecule has 9 atom stereocenters. The Kier molecular flexibility index (Phi) is 10.5. The molecule has 0 bridgehead atoms. The van der Waals surface area contributed by atoms with E-state index < -0.39 is 0 Å². The maximum Gasteiger partial charge on any atom is 0.00896 e. The van der Waals surface area contributed by atoms with E-state index in [0.717, 1.165) is 48.3 Å². The van der Waals surface area contributed by atoms with Gasteiger partial charge in [0.25, 0.3) is 0 Å². The summed E-state index contributed by atoms with van der Waals surface area (Å²) in [5, 5.41) is 10.2. The van der Waals surface area contributed by atoms with Crippen LogP contribution in [0.15, 0.2) is 11.6 Å². The van der Waals surface area contributed by atoms with Gasteiger partial charge in [-0.1, -0.05) is 94.9 Å². The van der Waals surface area contributed by atoms with Gasteiger partial charge in [-0.05, 0) is 83.4 Å². The van der Waals surface area contributed by atoms with Crippen molar-refractivity contribution in [2.45, 2.75) is 127 Å². The zero-order valence-electron chi connectivity index (χ0n) is 24.5. The predicted molar refractivity (Wildman–Crippen MR) is 144 cm³/mol. The number of hydrogen-bond acceptors (Lipinski definition) is 1. The zero-order valence-corrected chi connectivity index (χ0v) is 27.3. The SMILES string of the molecule is CC(C(C)C(C)C(C)(C)C(C)(C)C)C1CCC2C(C/C=C3\[CH-][C@@H](O)C[C@H](C)C3)CCCC21C.[Y]. The molecule has 0 aromatic heterocycles. The van der Waals surface area contributed by atoms with Crippen molar-refractivity contribution in [2.75, 3.05) is 0 Å². The van der Waals surface area contributed by atoms with E-state index in [1.807, 2.05) is 0 Å². The molecule has 3 aliphatic carbocycles. The fourth-order valence-electron chi connectivity index (χ4n) is 8.43. The fourth-order valence-corrected chi connectivity index (χ4v) is 8.43. The summed E-state index contributed by atoms with van der Waals surface area (Å²) in [6.45, 7) is 25.0. The minimum atomic E-state index is -0.228. The van der Waals surface area contributed by atoms with Gasteiger partial charge in [0.2, 0.25) is 0 Å². The second kappa shape index (κ2) is 11.6. The molecular weight excluding hydrogens is 489 g/mol. The van der Waals surface area contributed by atoms with Crippen molar-refractivity contribution in [3.8, 4) is 0 Å². The molecule has 0 spiro atoms. The molecule has 195 valence electrons. The summed E-state index contributed by atoms with van der Waals surface area (Å²) in [6.07, 6.45) is 14.9. The maximum atomic E-state index is 10.2. The van der Waals surface area contributed by atoms with Crippen molar-refractivity contribution in [1.82, 2.24) is 0 Å². The Hall–Kier alpha value is 0.674. The molecule has 34 heavy (non-hydrogen) atoms. The van der Waals surface area contributed by atoms with Crippen LogP contribution in [0.4, 0.5) is 0 Å². The maximum absolute atomic E-state index is 10.2. The molecule has 2 heteroatoms. The first kappa shape index (κ1) is 30.9. The fraction of sp³-hybridized carbons (Fsp3) is 0.906. The first-order valence-electron chi connectivity index (χ1n) is 14.4. The van der Waals surface area contributed by atoms with Gasteiger partial charge in [0.15, 0.2) is 0 Å². The third-order valence-electron chi connectivity index (χ3n) is 12.0. The molecule has 1 radical (unpaired) electrons. The van der Waals surface area contributed by atoms with Crippen molar-refractivity contribution in [3.05, 3.63) is 18.1 Å². The number of hydrogen-bond donors (Lipinski definition) is 1. The van der Waals surface area contributed by atoms with Gasteiger partial charge in [-0.2, -0.15) is 6.42 Å². The first-order valence-corrected chi connectivity index (χ1v) is 14.4. The minimum absolute atomic E-state index is 0. The van der Waals surface area contributed by atoms with Crippen LogP contribution < -0.4 is 0 Å². The molecule has 1 nitrogen and oxygen atoms in total. The zero-order chi connectivity index (χ0) is 24.8. The van der Waals surface area contributed by atoms with Crippen LogP contribution >= 0.6 is 0 Å². The normalized spacial score (nSPS) is 38.4. The molecule has 0 aliphatic heterocycles. The van der Waals surface area contributed by atoms with Crippen molar-refractivity contribution >= 4 is 0 Å². The van der Waals surface area contributed by atoms with Crippen molar-refractivity contribution in [3.63, 3.8) is 0 Å². The Morgan fingerprint density at radius 1 is 1.09 bits per heavy atom. The summed E-state index contributed by atoms with van der Waals surface area (Å²) in [6, 6.07) is 0. The monoisotopic (exact) mass is 546 g/mol. The number of rotatable bonds is 6. The molecule has 1 N–H and O–H groups in total. The summed E-state index contributed by atoms with van der Waals surface area (Å²) in [5.74, 6) is 5.47. The molecule has 3 rings (SSSR count). The van der Waals surface area contributed by atoms with E-state index in [0.29, 0.717) is 22.2 Å². The van der Waals surface area contributed by atoms with Gasteiger partial charge >= 0.3 is 0 Å². The van der Waals surface area contributed by atoms with E-state index in [-0.39, 0.29) is 38.8 Å². The van der Waals surface area contributed by atoms with Crippen LogP contribution in [0, 0.1) is 64.1 Å². The Balaban J connectivity index is 0.00000408. The van der Waals surface area contributed by atoms with Crippen molar-refractivity contribution in [2.24, 2.45) is 57.7 Å². The van der Waals surface area contributed by atoms with Crippen LogP contribution in [-0.2, 0) is 32.7 Å². The van der Waals surface area contributed by atoms with E-state index in [1.54, 1.807) is 0 Å². The van der Waals surface area contributed by atoms with E-state index in [9.17, 15) is 5.11 Å². The quantitative estimate of drug-likeness (QED) is 0.330. The molecule has 7 unspecified atom stereocenters. The van der Waals surface area contributed by atoms with E-state index in [4.69, 9.17) is 0 Å². The topological polar surface area (TPSA) is 20.2 Å². The van der Waals surface area contributed by atoms with Gasteiger partial charge in [0.05, 0.1) is 0 Å². The Morgan fingerprint density at radius 2 is 1.74 bits per heavy atom. The summed E-state index contributed by atoms with van der Waals surface area (Å²) in [7, 11) is 0. The molecule has 3 aliphatic rings. The minimum Gasteiger partial charge on any atom is -0.407 e. The number of fused-ring (bicyclic) bond motifs is 1. The number of allylic oxidation sites excluding steroid dienone is 1. The van der Waals surface area contributed by atoms with Crippen LogP contribution in [0.5, 0.6) is 0 Å². The molecule has 0 aromatic carbocycles. The van der Waals surface area contributed by atoms with Crippen LogP contribution in [0.1, 0.15) is 121 Å². The molecule has 0 heterocycles. The summed E-state index contributed by atoms with van der Waals surface area (Å²) in [4.78, 5) is 0. The van der Waals surface area contributed by atoms with E-state index in [1.165, 1.54) is 44.1 Å². The summed E-state index contributed by atoms with van der Waals surface area (Å²) < 4.78 is 0. The summed E-state index contributed by atoms with van der Waals surface area (Å²) in [5.41, 5.74) is 2.60. The first-order chi connectivity index (χ1) is 15.2. The second-order valence-corrected chi connectivity index (χ2v) is 14.7. The molecule has 0 saturated heterocycles. The van der Waals surface area contributed by atoms with Gasteiger partial charge in [-0.15, -0.1) is 0 Å². The summed E-state index contributed by atoms with van der Waals surface area (Å²) >= 11 is 0. The van der Waals surface area contributed by atoms with E-state index >= 15 is 0 Å². The second-order valence-electron chi connectivity index (χ2n) is 14.7. The largest absolute Gasteiger partial charge is 0.407 e. The van der Waals surface area contributed by atoms with E-state index in [2.05, 4.69) is 81.7 Å². The van der Waals surface area contributed by atoms with Crippen molar-refractivity contribution in [1.29, 1.82) is 0 Å². The average molecular weight is 547 g/mol. The molecule has 3 fully saturated rings. The Labute approximate surface area is 239 Å². The molecule has 0 amide bonds. The van der Waals surface area contributed by atoms with Gasteiger partial charge < -0.3 is 5.11 Å². The molecule has 3 saturated carbocycles. The van der Waals surface area contributed by atoms with Gasteiger partial charge in [-0.25, -0.2) is 11.6 Å². The van der Waals surface area contributed by atoms with Gasteiger partial charge in [0.1, 0.15) is 0 Å². The Bertz CT molecular complexity index is 676. The molecule has 0 aromatic rings. The third kappa shape index (κ3) is 6.21.